The van der Waals surface area contributed by atoms with Gasteiger partial charge in [-0.3, -0.25) is 9.20 Å². The van der Waals surface area contributed by atoms with E-state index in [-0.39, 0.29) is 11.3 Å². The van der Waals surface area contributed by atoms with Crippen LogP contribution in [0.4, 0.5) is 0 Å². The first-order valence-corrected chi connectivity index (χ1v) is 6.52. The van der Waals surface area contributed by atoms with Crippen molar-refractivity contribution < 1.29 is 14.3 Å². The van der Waals surface area contributed by atoms with Gasteiger partial charge in [-0.15, -0.1) is 0 Å². The van der Waals surface area contributed by atoms with Crippen LogP contribution in [0.5, 0.6) is 11.5 Å². The fourth-order valence-corrected chi connectivity index (χ4v) is 2.02. The van der Waals surface area contributed by atoms with Gasteiger partial charge in [-0.25, -0.2) is 9.78 Å². The zero-order valence-electron chi connectivity index (χ0n) is 11.7. The molecule has 3 rings (SSSR count). The van der Waals surface area contributed by atoms with Crippen molar-refractivity contribution in [3.8, 4) is 11.5 Å². The Labute approximate surface area is 125 Å². The highest BCUT2D eigenvalue weighted by molar-refractivity contribution is 5.90. The summed E-state index contributed by atoms with van der Waals surface area (Å²) in [5.74, 6) is -0.127. The molecule has 110 valence electrons. The van der Waals surface area contributed by atoms with Crippen LogP contribution >= 0.6 is 0 Å². The molecule has 0 amide bonds. The lowest BCUT2D eigenvalue weighted by molar-refractivity contribution is 0.0727. The van der Waals surface area contributed by atoms with E-state index in [1.165, 1.54) is 17.7 Å². The quantitative estimate of drug-likeness (QED) is 0.545. The second kappa shape index (κ2) is 5.69. The molecule has 6 nitrogen and oxygen atoms in total. The third-order valence-electron chi connectivity index (χ3n) is 3.11. The third-order valence-corrected chi connectivity index (χ3v) is 3.11. The number of benzene rings is 1. The minimum Gasteiger partial charge on any atom is -0.493 e. The molecule has 0 atom stereocenters. The Bertz CT molecular complexity index is 902. The summed E-state index contributed by atoms with van der Waals surface area (Å²) >= 11 is 0. The predicted octanol–water partition coefficient (Wildman–Crippen LogP) is 1.92. The molecule has 0 saturated heterocycles. The molecule has 3 aromatic rings. The minimum absolute atomic E-state index is 0.144. The Balaban J connectivity index is 1.99. The van der Waals surface area contributed by atoms with Crippen molar-refractivity contribution in [1.29, 1.82) is 0 Å². The molecule has 22 heavy (non-hydrogen) atoms. The summed E-state index contributed by atoms with van der Waals surface area (Å²) in [5.41, 5.74) is -0.165. The van der Waals surface area contributed by atoms with E-state index in [1.807, 2.05) is 0 Å². The van der Waals surface area contributed by atoms with Gasteiger partial charge in [0, 0.05) is 12.4 Å². The summed E-state index contributed by atoms with van der Waals surface area (Å²) in [6, 6.07) is 11.8. The molecule has 2 aromatic heterocycles. The lowest BCUT2D eigenvalue weighted by Crippen LogP contribution is -2.25. The first-order valence-electron chi connectivity index (χ1n) is 6.52. The van der Waals surface area contributed by atoms with Crippen LogP contribution in [0.15, 0.2) is 59.7 Å². The highest BCUT2D eigenvalue weighted by Crippen LogP contribution is 2.26. The zero-order chi connectivity index (χ0) is 15.5. The number of aromatic nitrogens is 2. The predicted molar refractivity (Wildman–Crippen MR) is 79.4 cm³/mol. The Morgan fingerprint density at radius 2 is 1.82 bits per heavy atom. The number of para-hydroxylation sites is 2. The molecule has 0 aliphatic carbocycles. The number of hydrogen-bond acceptors (Lipinski definition) is 5. The first kappa shape index (κ1) is 13.8. The lowest BCUT2D eigenvalue weighted by Gasteiger charge is -2.08. The topological polar surface area (TPSA) is 69.9 Å². The molecule has 0 fully saturated rings. The van der Waals surface area contributed by atoms with E-state index in [9.17, 15) is 9.59 Å². The monoisotopic (exact) mass is 296 g/mol. The van der Waals surface area contributed by atoms with Gasteiger partial charge in [0.05, 0.1) is 7.11 Å². The van der Waals surface area contributed by atoms with Gasteiger partial charge in [0.1, 0.15) is 11.2 Å². The number of pyridine rings is 1. The van der Waals surface area contributed by atoms with Gasteiger partial charge in [-0.1, -0.05) is 18.2 Å². The maximum absolute atomic E-state index is 12.3. The number of ether oxygens (including phenoxy) is 2. The molecule has 6 heteroatoms. The maximum atomic E-state index is 12.3. The number of carbonyl (C=O) groups is 1. The van der Waals surface area contributed by atoms with Gasteiger partial charge >= 0.3 is 5.97 Å². The smallest absolute Gasteiger partial charge is 0.350 e. The molecule has 1 aromatic carbocycles. The molecular formula is C16H12N2O4. The Morgan fingerprint density at radius 3 is 2.59 bits per heavy atom. The van der Waals surface area contributed by atoms with Crippen LogP contribution in [0, 0.1) is 0 Å². The number of nitrogens with zero attached hydrogens (tertiary/aromatic N) is 2. The van der Waals surface area contributed by atoms with Crippen molar-refractivity contribution in [2.45, 2.75) is 0 Å². The van der Waals surface area contributed by atoms with Crippen molar-refractivity contribution >= 4 is 11.6 Å². The molecule has 0 unspecified atom stereocenters. The molecule has 2 heterocycles. The Morgan fingerprint density at radius 1 is 1.09 bits per heavy atom. The van der Waals surface area contributed by atoms with Gasteiger partial charge in [-0.2, -0.15) is 0 Å². The second-order valence-corrected chi connectivity index (χ2v) is 4.45. The largest absolute Gasteiger partial charge is 0.493 e. The SMILES string of the molecule is COc1ccccc1OC(=O)c1cnc2ccccn2c1=O. The number of hydrogen-bond donors (Lipinski definition) is 0. The highest BCUT2D eigenvalue weighted by atomic mass is 16.6. The van der Waals surface area contributed by atoms with Gasteiger partial charge in [0.2, 0.25) is 0 Å². The molecule has 0 N–H and O–H groups in total. The van der Waals surface area contributed by atoms with Gasteiger partial charge in [-0.05, 0) is 24.3 Å². The number of methoxy groups -OCH3 is 1. The van der Waals surface area contributed by atoms with E-state index < -0.39 is 11.5 Å². The fraction of sp³-hybridized carbons (Fsp3) is 0.0625. The maximum Gasteiger partial charge on any atom is 0.350 e. The summed E-state index contributed by atoms with van der Waals surface area (Å²) in [4.78, 5) is 28.6. The number of fused-ring (bicyclic) bond motifs is 1. The summed E-state index contributed by atoms with van der Waals surface area (Å²) < 4.78 is 11.6. The van der Waals surface area contributed by atoms with Crippen molar-refractivity contribution in [1.82, 2.24) is 9.38 Å². The van der Waals surface area contributed by atoms with Gasteiger partial charge in [0.25, 0.3) is 5.56 Å². The standard InChI is InChI=1S/C16H12N2O4/c1-21-12-6-2-3-7-13(12)22-16(20)11-10-17-14-8-4-5-9-18(14)15(11)19/h2-10H,1H3. The van der Waals surface area contributed by atoms with Crippen LogP contribution in [-0.4, -0.2) is 22.5 Å². The molecule has 0 bridgehead atoms. The second-order valence-electron chi connectivity index (χ2n) is 4.45. The molecule has 0 spiro atoms. The molecule has 0 radical (unpaired) electrons. The van der Waals surface area contributed by atoms with E-state index in [1.54, 1.807) is 48.7 Å². The van der Waals surface area contributed by atoms with Crippen molar-refractivity contribution in [2.24, 2.45) is 0 Å². The van der Waals surface area contributed by atoms with E-state index in [0.29, 0.717) is 11.4 Å². The van der Waals surface area contributed by atoms with E-state index in [4.69, 9.17) is 9.47 Å². The average molecular weight is 296 g/mol. The fourth-order valence-electron chi connectivity index (χ4n) is 2.02. The summed E-state index contributed by atoms with van der Waals surface area (Å²) in [7, 11) is 1.47. The third kappa shape index (κ3) is 2.42. The van der Waals surface area contributed by atoms with Crippen LogP contribution in [0.25, 0.3) is 5.65 Å². The van der Waals surface area contributed by atoms with Crippen LogP contribution in [0.3, 0.4) is 0 Å². The van der Waals surface area contributed by atoms with Crippen LogP contribution in [0.1, 0.15) is 10.4 Å². The highest BCUT2D eigenvalue weighted by Gasteiger charge is 2.17. The summed E-state index contributed by atoms with van der Waals surface area (Å²) in [6.07, 6.45) is 2.76. The van der Waals surface area contributed by atoms with E-state index in [0.717, 1.165) is 0 Å². The van der Waals surface area contributed by atoms with E-state index in [2.05, 4.69) is 4.98 Å². The van der Waals surface area contributed by atoms with E-state index >= 15 is 0 Å². The Hall–Kier alpha value is -3.15. The molecule has 0 saturated carbocycles. The average Bonchev–Trinajstić information content (AvgIpc) is 2.56. The molecule has 0 aliphatic rings. The van der Waals surface area contributed by atoms with Crippen LogP contribution < -0.4 is 15.0 Å². The van der Waals surface area contributed by atoms with Crippen LogP contribution in [-0.2, 0) is 0 Å². The zero-order valence-corrected chi connectivity index (χ0v) is 11.7. The summed E-state index contributed by atoms with van der Waals surface area (Å²) in [5, 5.41) is 0. The van der Waals surface area contributed by atoms with Crippen molar-refractivity contribution in [2.75, 3.05) is 7.11 Å². The number of esters is 1. The van der Waals surface area contributed by atoms with Crippen molar-refractivity contribution in [3.05, 3.63) is 70.8 Å². The Kier molecular flexibility index (Phi) is 3.57. The summed E-state index contributed by atoms with van der Waals surface area (Å²) in [6.45, 7) is 0. The van der Waals surface area contributed by atoms with Gasteiger partial charge < -0.3 is 9.47 Å². The number of rotatable bonds is 3. The molecular weight excluding hydrogens is 284 g/mol. The van der Waals surface area contributed by atoms with Gasteiger partial charge in [0.15, 0.2) is 11.5 Å². The van der Waals surface area contributed by atoms with Crippen LogP contribution in [0.2, 0.25) is 0 Å². The lowest BCUT2D eigenvalue weighted by atomic mass is 10.3. The minimum atomic E-state index is -0.778. The first-order chi connectivity index (χ1) is 10.7. The molecule has 0 aliphatic heterocycles. The number of carbonyl (C=O) groups excluding carboxylic acids is 1. The normalized spacial score (nSPS) is 10.4. The van der Waals surface area contributed by atoms with Crippen molar-refractivity contribution in [3.63, 3.8) is 0 Å².